The Balaban J connectivity index is 2.12. The van der Waals surface area contributed by atoms with Crippen molar-refractivity contribution in [2.45, 2.75) is 25.9 Å². The van der Waals surface area contributed by atoms with Crippen molar-refractivity contribution in [2.24, 2.45) is 0 Å². The average molecular weight is 288 g/mol. The van der Waals surface area contributed by atoms with E-state index in [1.54, 1.807) is 5.38 Å². The van der Waals surface area contributed by atoms with E-state index >= 15 is 0 Å². The van der Waals surface area contributed by atoms with Crippen molar-refractivity contribution in [1.82, 2.24) is 9.88 Å². The van der Waals surface area contributed by atoms with Crippen molar-refractivity contribution < 1.29 is 4.79 Å². The zero-order valence-electron chi connectivity index (χ0n) is 10.9. The summed E-state index contributed by atoms with van der Waals surface area (Å²) in [4.78, 5) is 20.5. The Morgan fingerprint density at radius 3 is 2.67 bits per heavy atom. The normalized spacial score (nSPS) is 25.4. The molecule has 0 aromatic carbocycles. The van der Waals surface area contributed by atoms with Gasteiger partial charge in [0.2, 0.25) is 0 Å². The van der Waals surface area contributed by atoms with Crippen LogP contribution in [0.5, 0.6) is 0 Å². The van der Waals surface area contributed by atoms with Crippen molar-refractivity contribution in [2.75, 3.05) is 30.9 Å². The molecule has 6 heteroatoms. The lowest BCUT2D eigenvalue weighted by Gasteiger charge is -2.42. The van der Waals surface area contributed by atoms with E-state index in [1.807, 2.05) is 0 Å². The molecule has 0 radical (unpaired) electrons. The fraction of sp³-hybridized carbons (Fsp3) is 0.667. The molecule has 1 aliphatic heterocycles. The number of carbonyl (C=O) groups excluding carboxylic acids is 1. The Hall–Kier alpha value is -0.650. The van der Waals surface area contributed by atoms with Gasteiger partial charge in [-0.05, 0) is 20.9 Å². The van der Waals surface area contributed by atoms with Crippen molar-refractivity contribution in [3.8, 4) is 0 Å². The van der Waals surface area contributed by atoms with Gasteiger partial charge in [0, 0.05) is 30.6 Å². The van der Waals surface area contributed by atoms with E-state index in [0.717, 1.165) is 18.2 Å². The summed E-state index contributed by atoms with van der Waals surface area (Å²) >= 11 is 7.06. The predicted octanol–water partition coefficient (Wildman–Crippen LogP) is 2.09. The first-order chi connectivity index (χ1) is 8.52. The van der Waals surface area contributed by atoms with Gasteiger partial charge in [-0.2, -0.15) is 0 Å². The van der Waals surface area contributed by atoms with E-state index < -0.39 is 0 Å². The largest absolute Gasteiger partial charge is 0.345 e. The van der Waals surface area contributed by atoms with Crippen LogP contribution in [0.3, 0.4) is 0 Å². The third kappa shape index (κ3) is 2.68. The summed E-state index contributed by atoms with van der Waals surface area (Å²) in [6, 6.07) is 0.981. The van der Waals surface area contributed by atoms with Gasteiger partial charge in [0.25, 0.3) is 0 Å². The Morgan fingerprint density at radius 1 is 1.50 bits per heavy atom. The molecule has 0 aliphatic carbocycles. The summed E-state index contributed by atoms with van der Waals surface area (Å²) in [5.74, 6) is -0.104. The predicted molar refractivity (Wildman–Crippen MR) is 76.1 cm³/mol. The minimum atomic E-state index is -0.102. The van der Waals surface area contributed by atoms with Gasteiger partial charge in [0.15, 0.2) is 10.9 Å². The molecule has 1 saturated heterocycles. The van der Waals surface area contributed by atoms with Gasteiger partial charge in [-0.25, -0.2) is 4.98 Å². The molecule has 4 nitrogen and oxygen atoms in total. The number of ketones is 1. The van der Waals surface area contributed by atoms with Crippen LogP contribution in [0.15, 0.2) is 5.38 Å². The topological polar surface area (TPSA) is 36.4 Å². The Morgan fingerprint density at radius 2 is 2.11 bits per heavy atom. The lowest BCUT2D eigenvalue weighted by Crippen LogP contribution is -2.55. The fourth-order valence-corrected chi connectivity index (χ4v) is 3.15. The lowest BCUT2D eigenvalue weighted by molar-refractivity contribution is 0.101. The molecule has 0 bridgehead atoms. The first kappa shape index (κ1) is 13.8. The van der Waals surface area contributed by atoms with Crippen LogP contribution in [0.4, 0.5) is 5.13 Å². The monoisotopic (exact) mass is 287 g/mol. The van der Waals surface area contributed by atoms with E-state index in [-0.39, 0.29) is 11.7 Å². The number of piperazine rings is 1. The van der Waals surface area contributed by atoms with Crippen LogP contribution >= 0.6 is 22.9 Å². The third-order valence-corrected chi connectivity index (χ3v) is 4.67. The summed E-state index contributed by atoms with van der Waals surface area (Å²) in [7, 11) is 2.15. The number of Topliss-reactive ketones (excluding diaryl/α,β-unsaturated/α-hetero) is 1. The molecular weight excluding hydrogens is 270 g/mol. The Labute approximate surface area is 117 Å². The summed E-state index contributed by atoms with van der Waals surface area (Å²) in [6.07, 6.45) is 0. The zero-order valence-corrected chi connectivity index (χ0v) is 12.5. The molecule has 2 rings (SSSR count). The molecule has 100 valence electrons. The molecule has 0 saturated carbocycles. The number of nitrogens with zero attached hydrogens (tertiary/aromatic N) is 3. The van der Waals surface area contributed by atoms with E-state index in [4.69, 9.17) is 11.6 Å². The first-order valence-corrected chi connectivity index (χ1v) is 7.46. The third-order valence-electron chi connectivity index (χ3n) is 3.53. The molecule has 0 spiro atoms. The van der Waals surface area contributed by atoms with Gasteiger partial charge >= 0.3 is 0 Å². The molecule has 2 heterocycles. The van der Waals surface area contributed by atoms with Gasteiger partial charge in [0.05, 0.1) is 5.88 Å². The highest BCUT2D eigenvalue weighted by Gasteiger charge is 2.28. The number of halogens is 1. The lowest BCUT2D eigenvalue weighted by atomic mass is 10.1. The van der Waals surface area contributed by atoms with Crippen LogP contribution in [-0.2, 0) is 0 Å². The average Bonchev–Trinajstić information content (AvgIpc) is 2.84. The summed E-state index contributed by atoms with van der Waals surface area (Å²) < 4.78 is 0. The zero-order chi connectivity index (χ0) is 13.3. The van der Waals surface area contributed by atoms with Crippen LogP contribution in [-0.4, -0.2) is 53.8 Å². The van der Waals surface area contributed by atoms with Crippen molar-refractivity contribution in [3.63, 3.8) is 0 Å². The number of carbonyl (C=O) groups is 1. The summed E-state index contributed by atoms with van der Waals surface area (Å²) in [5.41, 5.74) is 0.490. The van der Waals surface area contributed by atoms with Crippen LogP contribution in [0.2, 0.25) is 0 Å². The second-order valence-electron chi connectivity index (χ2n) is 4.84. The molecule has 2 atom stereocenters. The second-order valence-corrected chi connectivity index (χ2v) is 5.94. The van der Waals surface area contributed by atoms with Gasteiger partial charge in [-0.1, -0.05) is 0 Å². The maximum atomic E-state index is 11.5. The van der Waals surface area contributed by atoms with Crippen LogP contribution in [0.1, 0.15) is 24.3 Å². The SMILES string of the molecule is CC1CN(c2nc(C(=O)CCl)cs2)CC(C)N1C. The summed E-state index contributed by atoms with van der Waals surface area (Å²) in [5, 5.41) is 2.73. The quantitative estimate of drug-likeness (QED) is 0.630. The number of anilines is 1. The van der Waals surface area contributed by atoms with Crippen LogP contribution in [0.25, 0.3) is 0 Å². The number of rotatable bonds is 3. The molecule has 18 heavy (non-hydrogen) atoms. The van der Waals surface area contributed by atoms with E-state index in [1.165, 1.54) is 11.3 Å². The van der Waals surface area contributed by atoms with Gasteiger partial charge in [-0.3, -0.25) is 9.69 Å². The van der Waals surface area contributed by atoms with Gasteiger partial charge in [-0.15, -0.1) is 22.9 Å². The molecule has 0 N–H and O–H groups in total. The minimum Gasteiger partial charge on any atom is -0.345 e. The molecule has 2 unspecified atom stereocenters. The number of likely N-dealkylation sites (N-methyl/N-ethyl adjacent to an activating group) is 1. The van der Waals surface area contributed by atoms with E-state index in [0.29, 0.717) is 17.8 Å². The highest BCUT2D eigenvalue weighted by molar-refractivity contribution is 7.14. The standard InChI is InChI=1S/C12H18ClN3OS/c1-8-5-16(6-9(2)15(8)3)12-14-10(7-18-12)11(17)4-13/h7-9H,4-6H2,1-3H3. The maximum Gasteiger partial charge on any atom is 0.196 e. The fourth-order valence-electron chi connectivity index (χ4n) is 2.17. The number of aromatic nitrogens is 1. The summed E-state index contributed by atoms with van der Waals surface area (Å²) in [6.45, 7) is 6.31. The van der Waals surface area contributed by atoms with Crippen molar-refractivity contribution in [3.05, 3.63) is 11.1 Å². The molecule has 1 aromatic rings. The molecule has 1 fully saturated rings. The van der Waals surface area contributed by atoms with Crippen molar-refractivity contribution >= 4 is 33.9 Å². The van der Waals surface area contributed by atoms with Gasteiger partial charge < -0.3 is 4.90 Å². The van der Waals surface area contributed by atoms with Crippen molar-refractivity contribution in [1.29, 1.82) is 0 Å². The molecular formula is C12H18ClN3OS. The Kier molecular flexibility index (Phi) is 4.25. The van der Waals surface area contributed by atoms with Crippen LogP contribution < -0.4 is 4.90 Å². The number of thiazole rings is 1. The number of hydrogen-bond donors (Lipinski definition) is 0. The highest BCUT2D eigenvalue weighted by Crippen LogP contribution is 2.25. The molecule has 1 aromatic heterocycles. The molecule has 1 aliphatic rings. The van der Waals surface area contributed by atoms with E-state index in [2.05, 4.69) is 35.7 Å². The smallest absolute Gasteiger partial charge is 0.196 e. The Bertz CT molecular complexity index is 425. The van der Waals surface area contributed by atoms with E-state index in [9.17, 15) is 4.79 Å². The number of hydrogen-bond acceptors (Lipinski definition) is 5. The first-order valence-electron chi connectivity index (χ1n) is 6.04. The second kappa shape index (κ2) is 5.55. The van der Waals surface area contributed by atoms with Crippen LogP contribution in [0, 0.1) is 0 Å². The number of alkyl halides is 1. The minimum absolute atomic E-state index is 0.00127. The maximum absolute atomic E-state index is 11.5. The molecule has 0 amide bonds. The van der Waals surface area contributed by atoms with Gasteiger partial charge in [0.1, 0.15) is 5.69 Å². The highest BCUT2D eigenvalue weighted by atomic mass is 35.5.